The number of rotatable bonds is 7. The van der Waals surface area contributed by atoms with Crippen molar-refractivity contribution in [2.75, 3.05) is 35.9 Å². The lowest BCUT2D eigenvalue weighted by Crippen LogP contribution is -2.49. The molecule has 4 rings (SSSR count). The molecule has 2 aliphatic heterocycles. The number of hydrogen-bond acceptors (Lipinski definition) is 7. The molecule has 0 spiro atoms. The molecule has 2 aliphatic rings. The maximum absolute atomic E-state index is 13.8. The molecule has 0 radical (unpaired) electrons. The Morgan fingerprint density at radius 2 is 1.90 bits per heavy atom. The molecule has 0 saturated carbocycles. The van der Waals surface area contributed by atoms with Gasteiger partial charge in [-0.2, -0.15) is 13.2 Å². The van der Waals surface area contributed by atoms with E-state index in [4.69, 9.17) is 21.1 Å². The first-order valence-electron chi connectivity index (χ1n) is 12.8. The zero-order chi connectivity index (χ0) is 30.9. The molecule has 2 aromatic carbocycles. The van der Waals surface area contributed by atoms with E-state index in [9.17, 15) is 35.6 Å². The van der Waals surface area contributed by atoms with Crippen LogP contribution < -0.4 is 19.7 Å². The summed E-state index contributed by atoms with van der Waals surface area (Å²) < 4.78 is 97.4. The first kappa shape index (κ1) is 31.6. The highest BCUT2D eigenvalue weighted by Crippen LogP contribution is 2.40. The van der Waals surface area contributed by atoms with Crippen molar-refractivity contribution in [3.63, 3.8) is 0 Å². The lowest BCUT2D eigenvalue weighted by Gasteiger charge is -2.36. The first-order chi connectivity index (χ1) is 19.6. The van der Waals surface area contributed by atoms with E-state index in [0.29, 0.717) is 26.9 Å². The Bertz CT molecular complexity index is 1450. The summed E-state index contributed by atoms with van der Waals surface area (Å²) in [5.74, 6) is -1.43. The van der Waals surface area contributed by atoms with Crippen molar-refractivity contribution in [1.82, 2.24) is 5.32 Å². The number of hydrogen-bond donors (Lipinski definition) is 2. The second kappa shape index (κ2) is 12.1. The molecule has 2 N–H and O–H groups in total. The van der Waals surface area contributed by atoms with Crippen LogP contribution in [0.15, 0.2) is 41.3 Å². The summed E-state index contributed by atoms with van der Waals surface area (Å²) in [6.07, 6.45) is -5.77. The normalized spacial score (nSPS) is 19.4. The van der Waals surface area contributed by atoms with Crippen molar-refractivity contribution < 1.29 is 49.8 Å². The standard InChI is InChI=1S/C26H28ClF4N3O7S/c1-25(2,26(29,30)31)41-24(36)33-16-5-8-22-21(10-16)34(42(37,38)18-6-7-20(28)19(27)11-18)13-17(40-22)12-32-23(35)15-4-3-9-39-14-15/h5-8,10-11,15,17H,3-4,9,12-14H2,1-2H3,(H,32,35)(H,33,36). The van der Waals surface area contributed by atoms with Gasteiger partial charge < -0.3 is 19.5 Å². The fraction of sp³-hybridized carbons (Fsp3) is 0.462. The van der Waals surface area contributed by atoms with Gasteiger partial charge in [0.05, 0.1) is 41.2 Å². The Morgan fingerprint density at radius 1 is 1.17 bits per heavy atom. The van der Waals surface area contributed by atoms with E-state index in [2.05, 4.69) is 15.4 Å². The average Bonchev–Trinajstić information content (AvgIpc) is 2.92. The molecule has 2 amide bonds. The molecule has 230 valence electrons. The van der Waals surface area contributed by atoms with Gasteiger partial charge in [0.2, 0.25) is 11.5 Å². The van der Waals surface area contributed by atoms with Gasteiger partial charge in [-0.1, -0.05) is 11.6 Å². The second-order valence-electron chi connectivity index (χ2n) is 10.2. The maximum atomic E-state index is 13.8. The number of amides is 2. The number of ether oxygens (including phenoxy) is 3. The van der Waals surface area contributed by atoms with Gasteiger partial charge in [-0.25, -0.2) is 17.6 Å². The molecule has 2 heterocycles. The summed E-state index contributed by atoms with van der Waals surface area (Å²) in [4.78, 5) is 24.5. The van der Waals surface area contributed by atoms with E-state index in [1.807, 2.05) is 0 Å². The third-order valence-corrected chi connectivity index (χ3v) is 8.75. The summed E-state index contributed by atoms with van der Waals surface area (Å²) in [6, 6.07) is 6.60. The topological polar surface area (TPSA) is 123 Å². The van der Waals surface area contributed by atoms with Gasteiger partial charge in [0.15, 0.2) is 0 Å². The number of fused-ring (bicyclic) bond motifs is 1. The Hall–Kier alpha value is -3.30. The molecular formula is C26H28ClF4N3O7S. The summed E-state index contributed by atoms with van der Waals surface area (Å²) in [6.45, 7) is 1.81. The molecule has 0 bridgehead atoms. The Balaban J connectivity index is 1.61. The highest BCUT2D eigenvalue weighted by Gasteiger charge is 2.51. The van der Waals surface area contributed by atoms with Crippen LogP contribution in [0.25, 0.3) is 0 Å². The molecule has 0 aliphatic carbocycles. The molecule has 16 heteroatoms. The number of anilines is 2. The summed E-state index contributed by atoms with van der Waals surface area (Å²) in [5, 5.41) is 4.47. The number of carbonyl (C=O) groups excluding carboxylic acids is 2. The van der Waals surface area contributed by atoms with Crippen LogP contribution in [-0.2, 0) is 24.3 Å². The first-order valence-corrected chi connectivity index (χ1v) is 14.6. The van der Waals surface area contributed by atoms with E-state index in [1.54, 1.807) is 0 Å². The monoisotopic (exact) mass is 637 g/mol. The minimum absolute atomic E-state index is 0.0350. The largest absolute Gasteiger partial charge is 0.484 e. The quantitative estimate of drug-likeness (QED) is 0.416. The van der Waals surface area contributed by atoms with Crippen LogP contribution in [0.5, 0.6) is 5.75 Å². The van der Waals surface area contributed by atoms with E-state index < -0.39 is 44.8 Å². The van der Waals surface area contributed by atoms with Gasteiger partial charge in [0, 0.05) is 12.3 Å². The highest BCUT2D eigenvalue weighted by atomic mass is 35.5. The van der Waals surface area contributed by atoms with Crippen molar-refractivity contribution in [3.8, 4) is 5.75 Å². The number of halogens is 5. The SMILES string of the molecule is CC(C)(OC(=O)Nc1ccc2c(c1)N(S(=O)(=O)c1ccc(F)c(Cl)c1)CC(CNC(=O)C1CCCOC1)O2)C(F)(F)F. The number of nitrogens with zero attached hydrogens (tertiary/aromatic N) is 1. The molecule has 2 unspecified atom stereocenters. The predicted octanol–water partition coefficient (Wildman–Crippen LogP) is 4.87. The molecule has 10 nitrogen and oxygen atoms in total. The van der Waals surface area contributed by atoms with Crippen LogP contribution in [0.4, 0.5) is 33.7 Å². The molecule has 0 aromatic heterocycles. The number of alkyl halides is 3. The number of benzene rings is 2. The molecule has 1 fully saturated rings. The number of carbonyl (C=O) groups is 2. The summed E-state index contributed by atoms with van der Waals surface area (Å²) >= 11 is 5.83. The zero-order valence-electron chi connectivity index (χ0n) is 22.5. The maximum Gasteiger partial charge on any atom is 0.427 e. The number of sulfonamides is 1. The van der Waals surface area contributed by atoms with Gasteiger partial charge in [-0.05, 0) is 63.1 Å². The minimum Gasteiger partial charge on any atom is -0.484 e. The molecule has 2 aromatic rings. The third kappa shape index (κ3) is 7.01. The Morgan fingerprint density at radius 3 is 2.55 bits per heavy atom. The van der Waals surface area contributed by atoms with Gasteiger partial charge >= 0.3 is 12.3 Å². The van der Waals surface area contributed by atoms with Crippen molar-refractivity contribution in [2.24, 2.45) is 5.92 Å². The van der Waals surface area contributed by atoms with E-state index >= 15 is 0 Å². The average molecular weight is 638 g/mol. The van der Waals surface area contributed by atoms with Crippen LogP contribution in [-0.4, -0.2) is 64.6 Å². The van der Waals surface area contributed by atoms with Gasteiger partial charge in [-0.3, -0.25) is 14.4 Å². The lowest BCUT2D eigenvalue weighted by molar-refractivity contribution is -0.242. The molecular weight excluding hydrogens is 610 g/mol. The van der Waals surface area contributed by atoms with Crippen LogP contribution in [0.1, 0.15) is 26.7 Å². The van der Waals surface area contributed by atoms with E-state index in [1.165, 1.54) is 18.2 Å². The number of nitrogens with one attached hydrogen (secondary N) is 2. The smallest absolute Gasteiger partial charge is 0.427 e. The van der Waals surface area contributed by atoms with Crippen LogP contribution in [0.2, 0.25) is 5.02 Å². The van der Waals surface area contributed by atoms with E-state index in [0.717, 1.165) is 28.9 Å². The van der Waals surface area contributed by atoms with Crippen molar-refractivity contribution >= 4 is 45.0 Å². The van der Waals surface area contributed by atoms with Crippen molar-refractivity contribution in [2.45, 2.75) is 49.5 Å². The third-order valence-electron chi connectivity index (χ3n) is 6.68. The Kier molecular flexibility index (Phi) is 9.14. The van der Waals surface area contributed by atoms with Crippen LogP contribution >= 0.6 is 11.6 Å². The predicted molar refractivity (Wildman–Crippen MR) is 144 cm³/mol. The fourth-order valence-corrected chi connectivity index (χ4v) is 6.00. The van der Waals surface area contributed by atoms with Crippen LogP contribution in [0, 0.1) is 11.7 Å². The van der Waals surface area contributed by atoms with Gasteiger partial charge in [0.1, 0.15) is 17.7 Å². The zero-order valence-corrected chi connectivity index (χ0v) is 24.0. The van der Waals surface area contributed by atoms with Gasteiger partial charge in [-0.15, -0.1) is 0 Å². The molecule has 1 saturated heterocycles. The van der Waals surface area contributed by atoms with Crippen molar-refractivity contribution in [3.05, 3.63) is 47.2 Å². The van der Waals surface area contributed by atoms with Crippen molar-refractivity contribution in [1.29, 1.82) is 0 Å². The fourth-order valence-electron chi connectivity index (χ4n) is 4.23. The second-order valence-corrected chi connectivity index (χ2v) is 12.5. The molecule has 42 heavy (non-hydrogen) atoms. The minimum atomic E-state index is -4.84. The van der Waals surface area contributed by atoms with Crippen LogP contribution in [0.3, 0.4) is 0 Å². The van der Waals surface area contributed by atoms with E-state index in [-0.39, 0.29) is 53.5 Å². The highest BCUT2D eigenvalue weighted by molar-refractivity contribution is 7.92. The Labute approximate surface area is 244 Å². The summed E-state index contributed by atoms with van der Waals surface area (Å²) in [5.41, 5.74) is -2.97. The van der Waals surface area contributed by atoms with Gasteiger partial charge in [0.25, 0.3) is 10.0 Å². The molecule has 2 atom stereocenters. The lowest BCUT2D eigenvalue weighted by atomic mass is 10.0. The summed E-state index contributed by atoms with van der Waals surface area (Å²) in [7, 11) is -4.42.